The van der Waals surface area contributed by atoms with Crippen molar-refractivity contribution in [3.8, 4) is 11.3 Å². The van der Waals surface area contributed by atoms with Gasteiger partial charge in [-0.3, -0.25) is 4.79 Å². The van der Waals surface area contributed by atoms with Crippen LogP contribution in [0, 0.1) is 0 Å². The Kier molecular flexibility index (Phi) is 5.05. The average molecular weight is 391 g/mol. The molecule has 2 aromatic heterocycles. The normalized spacial score (nSPS) is 16.1. The Morgan fingerprint density at radius 1 is 1.24 bits per heavy atom. The molecule has 0 aliphatic carbocycles. The molecular formula is C22H25N5O2. The third-order valence-electron chi connectivity index (χ3n) is 5.35. The number of aromatic nitrogens is 3. The number of hydrogen-bond donors (Lipinski definition) is 1. The Labute approximate surface area is 170 Å². The van der Waals surface area contributed by atoms with Crippen LogP contribution in [-0.2, 0) is 11.2 Å². The number of oxazole rings is 1. The van der Waals surface area contributed by atoms with Gasteiger partial charge in [-0.05, 0) is 44.9 Å². The minimum atomic E-state index is -0.606. The molecule has 1 fully saturated rings. The second kappa shape index (κ2) is 7.66. The second-order valence-corrected chi connectivity index (χ2v) is 7.68. The van der Waals surface area contributed by atoms with Gasteiger partial charge in [0, 0.05) is 36.1 Å². The second-order valence-electron chi connectivity index (χ2n) is 7.68. The summed E-state index contributed by atoms with van der Waals surface area (Å²) >= 11 is 0. The molecule has 0 atom stereocenters. The molecule has 3 heterocycles. The number of anilines is 3. The lowest BCUT2D eigenvalue weighted by Gasteiger charge is -2.39. The molecule has 0 bridgehead atoms. The van der Waals surface area contributed by atoms with E-state index in [0.717, 1.165) is 36.3 Å². The number of hydrogen-bond acceptors (Lipinski definition) is 7. The van der Waals surface area contributed by atoms with Crippen molar-refractivity contribution >= 4 is 23.4 Å². The summed E-state index contributed by atoms with van der Waals surface area (Å²) in [6.07, 6.45) is 5.73. The molecule has 4 rings (SSSR count). The first-order valence-corrected chi connectivity index (χ1v) is 9.93. The first-order valence-electron chi connectivity index (χ1n) is 9.93. The zero-order valence-corrected chi connectivity index (χ0v) is 17.0. The van der Waals surface area contributed by atoms with E-state index in [0.29, 0.717) is 24.1 Å². The number of rotatable bonds is 5. The molecule has 150 valence electrons. The molecule has 1 aliphatic heterocycles. The van der Waals surface area contributed by atoms with Gasteiger partial charge in [-0.15, -0.1) is 0 Å². The van der Waals surface area contributed by atoms with E-state index in [2.05, 4.69) is 27.2 Å². The van der Waals surface area contributed by atoms with Gasteiger partial charge in [0.15, 0.2) is 11.5 Å². The van der Waals surface area contributed by atoms with Crippen molar-refractivity contribution in [1.82, 2.24) is 15.0 Å². The van der Waals surface area contributed by atoms with Crippen molar-refractivity contribution in [1.29, 1.82) is 0 Å². The van der Waals surface area contributed by atoms with Crippen LogP contribution in [0.25, 0.3) is 11.3 Å². The zero-order valence-electron chi connectivity index (χ0n) is 17.0. The molecule has 7 heteroatoms. The highest BCUT2D eigenvalue weighted by atomic mass is 16.4. The Hall–Kier alpha value is -3.22. The van der Waals surface area contributed by atoms with E-state index in [9.17, 15) is 4.79 Å². The molecule has 1 saturated heterocycles. The first kappa shape index (κ1) is 19.1. The topological polar surface area (TPSA) is 84.2 Å². The lowest BCUT2D eigenvalue weighted by molar-refractivity contribution is -0.124. The quantitative estimate of drug-likeness (QED) is 0.690. The maximum absolute atomic E-state index is 12.3. The number of ketones is 1. The fraction of sp³-hybridized carbons (Fsp3) is 0.364. The summed E-state index contributed by atoms with van der Waals surface area (Å²) in [5, 5.41) is 3.24. The van der Waals surface area contributed by atoms with Gasteiger partial charge >= 0.3 is 0 Å². The zero-order chi connectivity index (χ0) is 20.4. The fourth-order valence-electron chi connectivity index (χ4n) is 3.52. The number of piperidine rings is 1. The van der Waals surface area contributed by atoms with Crippen LogP contribution in [0.4, 0.5) is 17.7 Å². The van der Waals surface area contributed by atoms with Crippen molar-refractivity contribution in [2.75, 3.05) is 16.8 Å². The van der Waals surface area contributed by atoms with Gasteiger partial charge in [0.25, 0.3) is 6.01 Å². The molecule has 0 amide bonds. The molecule has 1 N–H and O–H groups in total. The maximum Gasteiger partial charge on any atom is 0.298 e. The molecule has 0 radical (unpaired) electrons. The summed E-state index contributed by atoms with van der Waals surface area (Å²) in [4.78, 5) is 27.5. The molecule has 1 aliphatic rings. The van der Waals surface area contributed by atoms with E-state index in [1.807, 2.05) is 49.1 Å². The van der Waals surface area contributed by atoms with Crippen LogP contribution < -0.4 is 10.2 Å². The minimum absolute atomic E-state index is 0.212. The van der Waals surface area contributed by atoms with Gasteiger partial charge < -0.3 is 14.6 Å². The van der Waals surface area contributed by atoms with Gasteiger partial charge in [-0.1, -0.05) is 19.1 Å². The van der Waals surface area contributed by atoms with Crippen LogP contribution in [0.2, 0.25) is 0 Å². The number of nitrogens with zero attached hydrogens (tertiary/aromatic N) is 4. The van der Waals surface area contributed by atoms with Crippen molar-refractivity contribution in [2.45, 2.75) is 45.6 Å². The molecule has 0 spiro atoms. The van der Waals surface area contributed by atoms with Gasteiger partial charge in [-0.2, -0.15) is 0 Å². The summed E-state index contributed by atoms with van der Waals surface area (Å²) in [5.74, 6) is 1.43. The largest absolute Gasteiger partial charge is 0.423 e. The first-order chi connectivity index (χ1) is 14.0. The smallest absolute Gasteiger partial charge is 0.298 e. The van der Waals surface area contributed by atoms with Crippen LogP contribution in [0.15, 0.2) is 47.1 Å². The summed E-state index contributed by atoms with van der Waals surface area (Å²) in [5.41, 5.74) is 2.13. The van der Waals surface area contributed by atoms with Crippen LogP contribution in [0.3, 0.4) is 0 Å². The molecule has 0 unspecified atom stereocenters. The van der Waals surface area contributed by atoms with E-state index < -0.39 is 5.54 Å². The predicted octanol–water partition coefficient (Wildman–Crippen LogP) is 4.39. The molecule has 1 aromatic carbocycles. The number of nitrogens with one attached hydrogen (secondary N) is 1. The van der Waals surface area contributed by atoms with Crippen LogP contribution in [-0.4, -0.2) is 32.8 Å². The van der Waals surface area contributed by atoms with Crippen LogP contribution in [0.5, 0.6) is 0 Å². The summed E-state index contributed by atoms with van der Waals surface area (Å²) in [7, 11) is 0. The number of Topliss-reactive ketones (excluding diaryl/α,β-unsaturated/α-hetero) is 1. The predicted molar refractivity (Wildman–Crippen MR) is 112 cm³/mol. The molecular weight excluding hydrogens is 366 g/mol. The highest BCUT2D eigenvalue weighted by Gasteiger charge is 2.39. The number of carbonyl (C=O) groups excluding carboxylic acids is 1. The average Bonchev–Trinajstić information content (AvgIpc) is 3.20. The Morgan fingerprint density at radius 2 is 2.10 bits per heavy atom. The van der Waals surface area contributed by atoms with Gasteiger partial charge in [0.05, 0.1) is 11.7 Å². The lowest BCUT2D eigenvalue weighted by Crippen LogP contribution is -2.54. The minimum Gasteiger partial charge on any atom is -0.423 e. The Balaban J connectivity index is 1.57. The van der Waals surface area contributed by atoms with Gasteiger partial charge in [0.1, 0.15) is 0 Å². The number of aryl methyl sites for hydroxylation is 1. The maximum atomic E-state index is 12.3. The molecule has 3 aromatic rings. The third-order valence-corrected chi connectivity index (χ3v) is 5.35. The SMILES string of the molecule is CCc1ccnc(Nc2cccc(-c3cnc(N4CCCC(=O)C4(C)C)o3)c2)n1. The standard InChI is InChI=1S/C22H25N5O2/c1-4-16-10-11-23-20(25-16)26-17-8-5-7-15(13-17)18-14-24-21(29-18)27-12-6-9-19(28)22(27,2)3/h5,7-8,10-11,13-14H,4,6,9,12H2,1-3H3,(H,23,25,26). The van der Waals surface area contributed by atoms with Crippen LogP contribution >= 0.6 is 0 Å². The van der Waals surface area contributed by atoms with Crippen molar-refractivity contribution in [3.63, 3.8) is 0 Å². The van der Waals surface area contributed by atoms with Gasteiger partial charge in [-0.25, -0.2) is 15.0 Å². The molecule has 29 heavy (non-hydrogen) atoms. The van der Waals surface area contributed by atoms with E-state index >= 15 is 0 Å². The molecule has 7 nitrogen and oxygen atoms in total. The van der Waals surface area contributed by atoms with E-state index in [1.165, 1.54) is 0 Å². The summed E-state index contributed by atoms with van der Waals surface area (Å²) in [6, 6.07) is 10.2. The van der Waals surface area contributed by atoms with Crippen molar-refractivity contribution in [2.24, 2.45) is 0 Å². The monoisotopic (exact) mass is 391 g/mol. The van der Waals surface area contributed by atoms with Crippen molar-refractivity contribution < 1.29 is 9.21 Å². The lowest BCUT2D eigenvalue weighted by atomic mass is 9.89. The summed E-state index contributed by atoms with van der Waals surface area (Å²) < 4.78 is 6.04. The third kappa shape index (κ3) is 3.85. The summed E-state index contributed by atoms with van der Waals surface area (Å²) in [6.45, 7) is 6.66. The fourth-order valence-corrected chi connectivity index (χ4v) is 3.52. The van der Waals surface area contributed by atoms with Crippen molar-refractivity contribution in [3.05, 3.63) is 48.4 Å². The highest BCUT2D eigenvalue weighted by Crippen LogP contribution is 2.33. The van der Waals surface area contributed by atoms with Gasteiger partial charge in [0.2, 0.25) is 5.95 Å². The van der Waals surface area contributed by atoms with E-state index in [4.69, 9.17) is 4.42 Å². The number of carbonyl (C=O) groups is 1. The molecule has 0 saturated carbocycles. The highest BCUT2D eigenvalue weighted by molar-refractivity contribution is 5.91. The number of benzene rings is 1. The van der Waals surface area contributed by atoms with Crippen LogP contribution in [0.1, 0.15) is 39.3 Å². The Morgan fingerprint density at radius 3 is 2.93 bits per heavy atom. The van der Waals surface area contributed by atoms with E-state index in [1.54, 1.807) is 12.4 Å². The van der Waals surface area contributed by atoms with E-state index in [-0.39, 0.29) is 5.78 Å². The Bertz CT molecular complexity index is 1030.